The third-order valence-corrected chi connectivity index (χ3v) is 5.54. The van der Waals surface area contributed by atoms with Crippen molar-refractivity contribution < 1.29 is 23.8 Å². The molecule has 6 nitrogen and oxygen atoms in total. The molecule has 0 aliphatic carbocycles. The van der Waals surface area contributed by atoms with E-state index in [1.54, 1.807) is 25.2 Å². The third kappa shape index (κ3) is 2.96. The maximum Gasteiger partial charge on any atom is 0.336 e. The highest BCUT2D eigenvalue weighted by Gasteiger charge is 2.44. The van der Waals surface area contributed by atoms with Gasteiger partial charge in [-0.25, -0.2) is 4.79 Å². The van der Waals surface area contributed by atoms with E-state index in [2.05, 4.69) is 15.9 Å². The van der Waals surface area contributed by atoms with Crippen molar-refractivity contribution in [3.63, 3.8) is 0 Å². The Balaban J connectivity index is 1.85. The van der Waals surface area contributed by atoms with Crippen LogP contribution in [0.5, 0.6) is 11.5 Å². The second-order valence-corrected chi connectivity index (χ2v) is 7.40. The van der Waals surface area contributed by atoms with Gasteiger partial charge in [0, 0.05) is 28.1 Å². The quantitative estimate of drug-likeness (QED) is 0.672. The fraction of sp³-hybridized carbons (Fsp3) is 0.238. The van der Waals surface area contributed by atoms with Gasteiger partial charge in [0.05, 0.1) is 25.5 Å². The highest BCUT2D eigenvalue weighted by molar-refractivity contribution is 9.10. The normalized spacial score (nSPS) is 18.8. The van der Waals surface area contributed by atoms with Crippen LogP contribution in [0.3, 0.4) is 0 Å². The summed E-state index contributed by atoms with van der Waals surface area (Å²) < 4.78 is 17.1. The molecule has 1 atom stereocenters. The summed E-state index contributed by atoms with van der Waals surface area (Å²) in [5.41, 5.74) is 2.51. The lowest BCUT2D eigenvalue weighted by molar-refractivity contribution is -0.136. The van der Waals surface area contributed by atoms with E-state index in [1.165, 1.54) is 0 Å². The number of nitrogens with zero attached hydrogens (tertiary/aromatic N) is 1. The molecule has 1 amide bonds. The van der Waals surface area contributed by atoms with Crippen molar-refractivity contribution in [1.29, 1.82) is 0 Å². The molecular weight excluding hydrogens is 426 g/mol. The number of methoxy groups -OCH3 is 2. The Hall–Kier alpha value is -2.80. The molecule has 0 fully saturated rings. The zero-order valence-electron chi connectivity index (χ0n) is 15.4. The van der Waals surface area contributed by atoms with Crippen LogP contribution in [-0.2, 0) is 14.3 Å². The van der Waals surface area contributed by atoms with Crippen LogP contribution < -0.4 is 14.4 Å². The Morgan fingerprint density at radius 3 is 2.50 bits per heavy atom. The Labute approximate surface area is 170 Å². The molecule has 2 aliphatic heterocycles. The van der Waals surface area contributed by atoms with Crippen LogP contribution in [0.2, 0.25) is 0 Å². The van der Waals surface area contributed by atoms with E-state index >= 15 is 0 Å². The third-order valence-electron chi connectivity index (χ3n) is 5.01. The van der Waals surface area contributed by atoms with Crippen LogP contribution in [0.1, 0.15) is 17.9 Å². The van der Waals surface area contributed by atoms with Gasteiger partial charge in [0.25, 0.3) is 0 Å². The molecule has 2 heterocycles. The van der Waals surface area contributed by atoms with Crippen molar-refractivity contribution in [2.45, 2.75) is 12.3 Å². The van der Waals surface area contributed by atoms with Gasteiger partial charge in [0.1, 0.15) is 6.61 Å². The van der Waals surface area contributed by atoms with E-state index in [0.29, 0.717) is 28.5 Å². The van der Waals surface area contributed by atoms with Gasteiger partial charge in [-0.05, 0) is 30.3 Å². The second-order valence-electron chi connectivity index (χ2n) is 6.48. The van der Waals surface area contributed by atoms with Gasteiger partial charge in [-0.15, -0.1) is 0 Å². The number of benzene rings is 2. The Morgan fingerprint density at radius 2 is 1.82 bits per heavy atom. The summed E-state index contributed by atoms with van der Waals surface area (Å²) in [6.45, 7) is 0.0682. The van der Waals surface area contributed by atoms with Crippen LogP contribution >= 0.6 is 15.9 Å². The molecule has 0 N–H and O–H groups in total. The molecule has 0 aromatic heterocycles. The van der Waals surface area contributed by atoms with E-state index in [0.717, 1.165) is 10.0 Å². The molecule has 0 saturated heterocycles. The Bertz CT molecular complexity index is 983. The SMILES string of the molecule is COc1cccc([C@H]2CC(=O)N(c3ccc(Br)cc3)C3=C2C(=O)OC3)c1OC. The molecular formula is C21H18BrNO5. The first-order valence-corrected chi connectivity index (χ1v) is 9.54. The summed E-state index contributed by atoms with van der Waals surface area (Å²) >= 11 is 3.40. The second kappa shape index (κ2) is 7.31. The summed E-state index contributed by atoms with van der Waals surface area (Å²) in [7, 11) is 3.10. The van der Waals surface area contributed by atoms with Gasteiger partial charge in [-0.1, -0.05) is 28.1 Å². The first-order valence-electron chi connectivity index (χ1n) is 8.74. The maximum atomic E-state index is 13.1. The predicted octanol–water partition coefficient (Wildman–Crippen LogP) is 3.80. The fourth-order valence-electron chi connectivity index (χ4n) is 3.80. The van der Waals surface area contributed by atoms with Crippen molar-refractivity contribution in [3.8, 4) is 11.5 Å². The maximum absolute atomic E-state index is 13.1. The predicted molar refractivity (Wildman–Crippen MR) is 107 cm³/mol. The van der Waals surface area contributed by atoms with E-state index in [9.17, 15) is 9.59 Å². The number of hydrogen-bond acceptors (Lipinski definition) is 5. The van der Waals surface area contributed by atoms with Crippen molar-refractivity contribution in [2.24, 2.45) is 0 Å². The number of carbonyl (C=O) groups is 2. The van der Waals surface area contributed by atoms with E-state index in [-0.39, 0.29) is 18.9 Å². The number of hydrogen-bond donors (Lipinski definition) is 0. The van der Waals surface area contributed by atoms with Gasteiger partial charge < -0.3 is 14.2 Å². The largest absolute Gasteiger partial charge is 0.493 e. The number of halogens is 1. The molecule has 28 heavy (non-hydrogen) atoms. The number of para-hydroxylation sites is 1. The van der Waals surface area contributed by atoms with Crippen LogP contribution in [0.4, 0.5) is 5.69 Å². The van der Waals surface area contributed by atoms with E-state index < -0.39 is 11.9 Å². The number of esters is 1. The van der Waals surface area contributed by atoms with Crippen molar-refractivity contribution in [2.75, 3.05) is 25.7 Å². The van der Waals surface area contributed by atoms with Gasteiger partial charge >= 0.3 is 5.97 Å². The molecule has 0 bridgehead atoms. The van der Waals surface area contributed by atoms with E-state index in [1.807, 2.05) is 36.4 Å². The minimum atomic E-state index is -0.450. The van der Waals surface area contributed by atoms with Crippen LogP contribution in [0.25, 0.3) is 0 Å². The van der Waals surface area contributed by atoms with E-state index in [4.69, 9.17) is 14.2 Å². The molecule has 0 unspecified atom stereocenters. The average molecular weight is 444 g/mol. The van der Waals surface area contributed by atoms with Crippen molar-refractivity contribution in [3.05, 3.63) is 63.8 Å². The zero-order valence-corrected chi connectivity index (χ0v) is 17.0. The van der Waals surface area contributed by atoms with Gasteiger partial charge in [-0.3, -0.25) is 9.69 Å². The number of carbonyl (C=O) groups excluding carboxylic acids is 2. The molecule has 0 spiro atoms. The smallest absolute Gasteiger partial charge is 0.336 e. The number of rotatable bonds is 4. The van der Waals surface area contributed by atoms with Gasteiger partial charge in [0.15, 0.2) is 11.5 Å². The monoisotopic (exact) mass is 443 g/mol. The summed E-state index contributed by atoms with van der Waals surface area (Å²) in [5, 5.41) is 0. The Morgan fingerprint density at radius 1 is 1.07 bits per heavy atom. The van der Waals surface area contributed by atoms with Crippen LogP contribution in [0, 0.1) is 0 Å². The lowest BCUT2D eigenvalue weighted by Gasteiger charge is -2.32. The van der Waals surface area contributed by atoms with Crippen LogP contribution in [0.15, 0.2) is 58.2 Å². The number of cyclic esters (lactones) is 1. The first kappa shape index (κ1) is 18.6. The number of anilines is 1. The van der Waals surface area contributed by atoms with Crippen LogP contribution in [-0.4, -0.2) is 32.7 Å². The molecule has 144 valence electrons. The summed E-state index contributed by atoms with van der Waals surface area (Å²) in [4.78, 5) is 27.3. The highest BCUT2D eigenvalue weighted by Crippen LogP contribution is 2.46. The average Bonchev–Trinajstić information content (AvgIpc) is 3.09. The lowest BCUT2D eigenvalue weighted by Crippen LogP contribution is -2.37. The highest BCUT2D eigenvalue weighted by atomic mass is 79.9. The minimum Gasteiger partial charge on any atom is -0.493 e. The summed E-state index contributed by atoms with van der Waals surface area (Å²) in [6.07, 6.45) is 0.132. The van der Waals surface area contributed by atoms with Gasteiger partial charge in [-0.2, -0.15) is 0 Å². The lowest BCUT2D eigenvalue weighted by atomic mass is 9.83. The zero-order chi connectivity index (χ0) is 19.8. The van der Waals surface area contributed by atoms with Crippen molar-refractivity contribution in [1.82, 2.24) is 0 Å². The molecule has 0 saturated carbocycles. The number of ether oxygens (including phenoxy) is 3. The Kier molecular flexibility index (Phi) is 4.85. The molecule has 7 heteroatoms. The topological polar surface area (TPSA) is 65.1 Å². The summed E-state index contributed by atoms with van der Waals surface area (Å²) in [6, 6.07) is 12.8. The summed E-state index contributed by atoms with van der Waals surface area (Å²) in [5.74, 6) is 0.116. The molecule has 2 aromatic carbocycles. The number of amides is 1. The molecule has 2 aromatic rings. The first-order chi connectivity index (χ1) is 13.5. The fourth-order valence-corrected chi connectivity index (χ4v) is 4.06. The molecule has 0 radical (unpaired) electrons. The van der Waals surface area contributed by atoms with Gasteiger partial charge in [0.2, 0.25) is 5.91 Å². The minimum absolute atomic E-state index is 0.0682. The molecule has 4 rings (SSSR count). The van der Waals surface area contributed by atoms with Crippen molar-refractivity contribution >= 4 is 33.5 Å². The standard InChI is InChI=1S/C21H18BrNO5/c1-26-17-5-3-4-14(20(17)27-2)15-10-18(24)23(13-8-6-12(22)7-9-13)16-11-28-21(25)19(15)16/h3-9,15H,10-11H2,1-2H3/t15-/m1/s1. The molecule has 2 aliphatic rings.